The van der Waals surface area contributed by atoms with E-state index in [1.54, 1.807) is 24.3 Å². The molecule has 0 unspecified atom stereocenters. The Bertz CT molecular complexity index is 1700. The van der Waals surface area contributed by atoms with Crippen molar-refractivity contribution in [2.75, 3.05) is 17.5 Å². The Labute approximate surface area is 258 Å². The molecule has 0 radical (unpaired) electrons. The predicted molar refractivity (Wildman–Crippen MR) is 173 cm³/mol. The third-order valence-electron chi connectivity index (χ3n) is 7.10. The van der Waals surface area contributed by atoms with Crippen LogP contribution >= 0.6 is 0 Å². The number of hydrogen-bond acceptors (Lipinski definition) is 7. The number of sulfonamides is 1. The second-order valence-corrected chi connectivity index (χ2v) is 13.4. The summed E-state index contributed by atoms with van der Waals surface area (Å²) in [4.78, 5) is 12.7. The van der Waals surface area contributed by atoms with Gasteiger partial charge < -0.3 is 26.0 Å². The summed E-state index contributed by atoms with van der Waals surface area (Å²) in [6, 6.07) is 27.1. The first-order chi connectivity index (χ1) is 20.8. The van der Waals surface area contributed by atoms with E-state index in [0.717, 1.165) is 34.1 Å². The number of anilines is 1. The second-order valence-electron chi connectivity index (χ2n) is 11.6. The van der Waals surface area contributed by atoms with E-state index in [9.17, 15) is 28.5 Å². The highest BCUT2D eigenvalue weighted by atomic mass is 32.2. The number of carbonyl (C=O) groups excluding carboxylic acids is 1. The quantitative estimate of drug-likeness (QED) is 0.120. The van der Waals surface area contributed by atoms with E-state index in [0.29, 0.717) is 18.5 Å². The van der Waals surface area contributed by atoms with Gasteiger partial charge in [-0.3, -0.25) is 9.52 Å². The molecule has 0 fully saturated rings. The minimum absolute atomic E-state index is 0.00650. The molecule has 9 nitrogen and oxygen atoms in total. The van der Waals surface area contributed by atoms with Crippen molar-refractivity contribution in [2.45, 2.75) is 44.9 Å². The van der Waals surface area contributed by atoms with Crippen LogP contribution in [0, 0.1) is 0 Å². The lowest BCUT2D eigenvalue weighted by Gasteiger charge is -2.28. The number of nitrogens with one attached hydrogen (secondary N) is 3. The lowest BCUT2D eigenvalue weighted by molar-refractivity contribution is -0.120. The molecule has 44 heavy (non-hydrogen) atoms. The summed E-state index contributed by atoms with van der Waals surface area (Å²) in [5, 5.41) is 36.7. The monoisotopic (exact) mass is 617 g/mol. The number of rotatable bonds is 13. The fourth-order valence-corrected chi connectivity index (χ4v) is 5.47. The van der Waals surface area contributed by atoms with Gasteiger partial charge >= 0.3 is 0 Å². The van der Waals surface area contributed by atoms with Crippen LogP contribution in [0.15, 0.2) is 91.0 Å². The SMILES string of the molecule is CC(C)(Cc1cccc(CC(=O)NCc2ccc(-c3cccc(O)c3)cc2)c1)NC[C@@H](O)c1ccc(O)c(NS(C)(=O)=O)c1. The Hall–Kier alpha value is -4.38. The van der Waals surface area contributed by atoms with E-state index in [2.05, 4.69) is 15.4 Å². The molecule has 4 rings (SSSR count). The average molecular weight is 618 g/mol. The van der Waals surface area contributed by atoms with Crippen LogP contribution in [-0.4, -0.2) is 48.0 Å². The molecule has 4 aromatic carbocycles. The number of aliphatic hydroxyl groups excluding tert-OH is 1. The summed E-state index contributed by atoms with van der Waals surface area (Å²) in [5.41, 5.74) is 4.86. The van der Waals surface area contributed by atoms with Crippen LogP contribution in [0.4, 0.5) is 5.69 Å². The van der Waals surface area contributed by atoms with Crippen molar-refractivity contribution >= 4 is 21.6 Å². The maximum absolute atomic E-state index is 12.7. The summed E-state index contributed by atoms with van der Waals surface area (Å²) in [5.74, 6) is -0.0970. The maximum atomic E-state index is 12.7. The first kappa shape index (κ1) is 32.5. The highest BCUT2D eigenvalue weighted by molar-refractivity contribution is 7.92. The van der Waals surface area contributed by atoms with Gasteiger partial charge in [-0.15, -0.1) is 0 Å². The zero-order valence-electron chi connectivity index (χ0n) is 25.0. The summed E-state index contributed by atoms with van der Waals surface area (Å²) in [7, 11) is -3.59. The number of aliphatic hydroxyl groups is 1. The topological polar surface area (TPSA) is 148 Å². The van der Waals surface area contributed by atoms with Crippen molar-refractivity contribution < 1.29 is 28.5 Å². The van der Waals surface area contributed by atoms with Crippen molar-refractivity contribution in [3.05, 3.63) is 113 Å². The van der Waals surface area contributed by atoms with Crippen LogP contribution in [0.3, 0.4) is 0 Å². The van der Waals surface area contributed by atoms with Crippen molar-refractivity contribution in [1.82, 2.24) is 10.6 Å². The molecule has 0 heterocycles. The molecule has 0 saturated heterocycles. The molecule has 0 aliphatic heterocycles. The number of aromatic hydroxyl groups is 2. The van der Waals surface area contributed by atoms with Crippen molar-refractivity contribution in [3.63, 3.8) is 0 Å². The van der Waals surface area contributed by atoms with Gasteiger partial charge in [0.05, 0.1) is 24.5 Å². The predicted octanol–water partition coefficient (Wildman–Crippen LogP) is 4.64. The first-order valence-corrected chi connectivity index (χ1v) is 16.1. The second kappa shape index (κ2) is 13.9. The molecular formula is C34H39N3O6S. The number of benzene rings is 4. The Kier molecular flexibility index (Phi) is 10.3. The van der Waals surface area contributed by atoms with Gasteiger partial charge in [-0.2, -0.15) is 0 Å². The third-order valence-corrected chi connectivity index (χ3v) is 7.69. The van der Waals surface area contributed by atoms with Gasteiger partial charge in [0.1, 0.15) is 11.5 Å². The fraction of sp³-hybridized carbons (Fsp3) is 0.265. The van der Waals surface area contributed by atoms with Crippen LogP contribution in [0.1, 0.15) is 42.2 Å². The lowest BCUT2D eigenvalue weighted by atomic mass is 9.93. The van der Waals surface area contributed by atoms with Crippen LogP contribution in [0.25, 0.3) is 11.1 Å². The maximum Gasteiger partial charge on any atom is 0.229 e. The van der Waals surface area contributed by atoms with Crippen LogP contribution < -0.4 is 15.4 Å². The molecule has 0 aromatic heterocycles. The van der Waals surface area contributed by atoms with Crippen molar-refractivity contribution in [2.24, 2.45) is 0 Å². The Morgan fingerprint density at radius 3 is 2.25 bits per heavy atom. The molecule has 0 bridgehead atoms. The number of β-amino-alcohol motifs (C(OH)–C–C–N with tert-alkyl or cyclic N) is 1. The molecular weight excluding hydrogens is 578 g/mol. The van der Waals surface area contributed by atoms with E-state index in [1.165, 1.54) is 12.1 Å². The van der Waals surface area contributed by atoms with Gasteiger partial charge in [0.25, 0.3) is 0 Å². The standard InChI is InChI=1S/C34H39N3O6S/c1-34(2,36-22-32(40)28-14-15-31(39)30(19-28)37-44(3,42)43)20-25-7-4-6-24(16-25)17-33(41)35-21-23-10-12-26(13-11-23)27-8-5-9-29(38)18-27/h4-16,18-19,32,36-40H,17,20-22H2,1-3H3,(H,35,41)/t32-/m1/s1. The Morgan fingerprint density at radius 2 is 1.55 bits per heavy atom. The Balaban J connectivity index is 1.28. The van der Waals surface area contributed by atoms with Gasteiger partial charge in [-0.1, -0.05) is 66.7 Å². The first-order valence-electron chi connectivity index (χ1n) is 14.2. The molecule has 0 aliphatic carbocycles. The molecule has 0 saturated carbocycles. The average Bonchev–Trinajstić information content (AvgIpc) is 2.95. The van der Waals surface area contributed by atoms with Crippen molar-refractivity contribution in [1.29, 1.82) is 0 Å². The van der Waals surface area contributed by atoms with Gasteiger partial charge in [0, 0.05) is 18.6 Å². The minimum atomic E-state index is -3.59. The van der Waals surface area contributed by atoms with Gasteiger partial charge in [-0.25, -0.2) is 8.42 Å². The smallest absolute Gasteiger partial charge is 0.229 e. The fourth-order valence-electron chi connectivity index (χ4n) is 4.90. The number of phenols is 2. The Morgan fingerprint density at radius 1 is 0.841 bits per heavy atom. The molecule has 10 heteroatoms. The van der Waals surface area contributed by atoms with E-state index in [4.69, 9.17) is 0 Å². The van der Waals surface area contributed by atoms with Crippen molar-refractivity contribution in [3.8, 4) is 22.6 Å². The molecule has 1 atom stereocenters. The largest absolute Gasteiger partial charge is 0.508 e. The zero-order valence-corrected chi connectivity index (χ0v) is 25.9. The van der Waals surface area contributed by atoms with E-state index >= 15 is 0 Å². The minimum Gasteiger partial charge on any atom is -0.508 e. The summed E-state index contributed by atoms with van der Waals surface area (Å²) < 4.78 is 25.4. The molecule has 6 N–H and O–H groups in total. The summed E-state index contributed by atoms with van der Waals surface area (Å²) >= 11 is 0. The van der Waals surface area contributed by atoms with Crippen LogP contribution in [0.2, 0.25) is 0 Å². The van der Waals surface area contributed by atoms with E-state index in [1.807, 2.05) is 68.4 Å². The van der Waals surface area contributed by atoms with E-state index in [-0.39, 0.29) is 36.1 Å². The molecule has 0 spiro atoms. The zero-order chi connectivity index (χ0) is 31.9. The summed E-state index contributed by atoms with van der Waals surface area (Å²) in [6.07, 6.45) is 0.929. The number of amides is 1. The van der Waals surface area contributed by atoms with Crippen LogP contribution in [-0.2, 0) is 34.2 Å². The third kappa shape index (κ3) is 9.84. The lowest BCUT2D eigenvalue weighted by Crippen LogP contribution is -2.43. The molecule has 232 valence electrons. The molecule has 1 amide bonds. The number of hydrogen-bond donors (Lipinski definition) is 6. The highest BCUT2D eigenvalue weighted by Crippen LogP contribution is 2.28. The normalized spacial score (nSPS) is 12.5. The number of carbonyl (C=O) groups is 1. The number of phenolic OH excluding ortho intramolecular Hbond substituents is 2. The van der Waals surface area contributed by atoms with Gasteiger partial charge in [0.15, 0.2) is 0 Å². The van der Waals surface area contributed by atoms with Gasteiger partial charge in [-0.05, 0) is 77.9 Å². The molecule has 4 aromatic rings. The highest BCUT2D eigenvalue weighted by Gasteiger charge is 2.21. The van der Waals surface area contributed by atoms with Gasteiger partial charge in [0.2, 0.25) is 15.9 Å². The van der Waals surface area contributed by atoms with E-state index < -0.39 is 21.7 Å². The molecule has 0 aliphatic rings. The van der Waals surface area contributed by atoms with Crippen LogP contribution in [0.5, 0.6) is 11.5 Å². The summed E-state index contributed by atoms with van der Waals surface area (Å²) in [6.45, 7) is 4.63.